The van der Waals surface area contributed by atoms with Gasteiger partial charge in [-0.3, -0.25) is 4.98 Å². The Morgan fingerprint density at radius 2 is 1.93 bits per heavy atom. The molecule has 3 heteroatoms. The van der Waals surface area contributed by atoms with Crippen molar-refractivity contribution in [3.05, 3.63) is 23.0 Å². The van der Waals surface area contributed by atoms with Crippen LogP contribution in [0.2, 0.25) is 0 Å². The summed E-state index contributed by atoms with van der Waals surface area (Å²) in [5.41, 5.74) is 2.12. The fraction of sp³-hybridized carbons (Fsp3) is 0.545. The first kappa shape index (κ1) is 12.9. The first-order valence-corrected chi connectivity index (χ1v) is 4.97. The van der Waals surface area contributed by atoms with Crippen LogP contribution in [0.25, 0.3) is 0 Å². The van der Waals surface area contributed by atoms with Crippen molar-refractivity contribution in [1.29, 1.82) is 0 Å². The van der Waals surface area contributed by atoms with Crippen molar-refractivity contribution in [1.82, 2.24) is 4.98 Å². The fourth-order valence-electron chi connectivity index (χ4n) is 1.22. The minimum absolute atomic E-state index is 0.0655. The zero-order valence-electron chi connectivity index (χ0n) is 9.33. The predicted octanol–water partition coefficient (Wildman–Crippen LogP) is 2.18. The van der Waals surface area contributed by atoms with Gasteiger partial charge in [0.05, 0.1) is 12.3 Å². The fourth-order valence-corrected chi connectivity index (χ4v) is 1.22. The summed E-state index contributed by atoms with van der Waals surface area (Å²) in [6, 6.07) is 0. The summed E-state index contributed by atoms with van der Waals surface area (Å²) in [7, 11) is 0. The lowest BCUT2D eigenvalue weighted by atomic mass is 10.1. The Labute approximate surface area is 85.4 Å². The van der Waals surface area contributed by atoms with Gasteiger partial charge in [0.15, 0.2) is 0 Å². The smallest absolute Gasteiger partial charge is 0.140 e. The van der Waals surface area contributed by atoms with E-state index in [-0.39, 0.29) is 12.4 Å². The lowest BCUT2D eigenvalue weighted by Gasteiger charge is -2.08. The monoisotopic (exact) mass is 197 g/mol. The van der Waals surface area contributed by atoms with Crippen LogP contribution in [0, 0.1) is 6.92 Å². The second-order valence-corrected chi connectivity index (χ2v) is 2.71. The minimum atomic E-state index is -0.0655. The third kappa shape index (κ3) is 2.70. The zero-order valence-corrected chi connectivity index (χ0v) is 9.33. The number of rotatable bonds is 2. The normalized spacial score (nSPS) is 9.21. The molecule has 0 unspecified atom stereocenters. The third-order valence-corrected chi connectivity index (χ3v) is 1.95. The summed E-state index contributed by atoms with van der Waals surface area (Å²) in [5.74, 6) is 0.212. The standard InChI is InChI=1S/C9H13NO2.C2H6/c1-3-8-7(5-11)4-10-6(2)9(8)12;1-2/h4,11-12H,3,5H2,1-2H3;1-2H3. The van der Waals surface area contributed by atoms with Gasteiger partial charge in [-0.05, 0) is 13.3 Å². The van der Waals surface area contributed by atoms with Crippen LogP contribution in [0.5, 0.6) is 5.75 Å². The lowest BCUT2D eigenvalue weighted by Crippen LogP contribution is -1.97. The molecule has 0 aliphatic heterocycles. The van der Waals surface area contributed by atoms with Crippen LogP contribution >= 0.6 is 0 Å². The van der Waals surface area contributed by atoms with Gasteiger partial charge >= 0.3 is 0 Å². The van der Waals surface area contributed by atoms with E-state index >= 15 is 0 Å². The van der Waals surface area contributed by atoms with Crippen molar-refractivity contribution in [2.75, 3.05) is 0 Å². The van der Waals surface area contributed by atoms with Crippen LogP contribution in [-0.2, 0) is 13.0 Å². The summed E-state index contributed by atoms with van der Waals surface area (Å²) >= 11 is 0. The molecule has 2 N–H and O–H groups in total. The Morgan fingerprint density at radius 3 is 2.36 bits per heavy atom. The van der Waals surface area contributed by atoms with Crippen LogP contribution in [0.15, 0.2) is 6.20 Å². The van der Waals surface area contributed by atoms with Crippen LogP contribution in [0.3, 0.4) is 0 Å². The van der Waals surface area contributed by atoms with E-state index in [1.165, 1.54) is 0 Å². The van der Waals surface area contributed by atoms with Gasteiger partial charge in [-0.25, -0.2) is 0 Å². The highest BCUT2D eigenvalue weighted by Gasteiger charge is 2.08. The van der Waals surface area contributed by atoms with E-state index < -0.39 is 0 Å². The van der Waals surface area contributed by atoms with E-state index in [2.05, 4.69) is 4.98 Å². The van der Waals surface area contributed by atoms with Crippen molar-refractivity contribution in [3.8, 4) is 5.75 Å². The predicted molar refractivity (Wildman–Crippen MR) is 57.3 cm³/mol. The summed E-state index contributed by atoms with van der Waals surface area (Å²) < 4.78 is 0. The van der Waals surface area contributed by atoms with E-state index in [1.807, 2.05) is 20.8 Å². The number of nitrogens with zero attached hydrogens (tertiary/aromatic N) is 1. The molecule has 0 spiro atoms. The van der Waals surface area contributed by atoms with E-state index in [1.54, 1.807) is 13.1 Å². The molecule has 1 rings (SSSR count). The van der Waals surface area contributed by atoms with Crippen molar-refractivity contribution >= 4 is 0 Å². The second-order valence-electron chi connectivity index (χ2n) is 2.71. The number of aryl methyl sites for hydroxylation is 1. The topological polar surface area (TPSA) is 53.4 Å². The molecule has 0 bridgehead atoms. The molecule has 1 aromatic rings. The maximum absolute atomic E-state index is 9.54. The molecule has 80 valence electrons. The van der Waals surface area contributed by atoms with Crippen molar-refractivity contribution < 1.29 is 10.2 Å². The Hall–Kier alpha value is -1.09. The van der Waals surface area contributed by atoms with Gasteiger partial charge in [0.1, 0.15) is 5.75 Å². The number of aliphatic hydroxyl groups is 1. The molecule has 1 aromatic heterocycles. The van der Waals surface area contributed by atoms with E-state index in [4.69, 9.17) is 5.11 Å². The first-order chi connectivity index (χ1) is 6.70. The molecule has 1 heterocycles. The maximum Gasteiger partial charge on any atom is 0.140 e. The maximum atomic E-state index is 9.54. The summed E-state index contributed by atoms with van der Waals surface area (Å²) in [6.07, 6.45) is 2.32. The van der Waals surface area contributed by atoms with Gasteiger partial charge in [0.2, 0.25) is 0 Å². The Kier molecular flexibility index (Phi) is 5.88. The van der Waals surface area contributed by atoms with Crippen LogP contribution in [0.1, 0.15) is 37.6 Å². The van der Waals surface area contributed by atoms with Gasteiger partial charge in [-0.1, -0.05) is 20.8 Å². The highest BCUT2D eigenvalue weighted by atomic mass is 16.3. The van der Waals surface area contributed by atoms with Gasteiger partial charge in [-0.2, -0.15) is 0 Å². The van der Waals surface area contributed by atoms with Crippen LogP contribution in [0.4, 0.5) is 0 Å². The number of hydrogen-bond acceptors (Lipinski definition) is 3. The first-order valence-electron chi connectivity index (χ1n) is 4.97. The Balaban J connectivity index is 0.000000791. The van der Waals surface area contributed by atoms with Gasteiger partial charge in [-0.15, -0.1) is 0 Å². The average Bonchev–Trinajstić information content (AvgIpc) is 2.24. The number of pyridine rings is 1. The molecule has 0 fully saturated rings. The molecule has 0 saturated heterocycles. The van der Waals surface area contributed by atoms with Crippen molar-refractivity contribution in [2.24, 2.45) is 0 Å². The summed E-state index contributed by atoms with van der Waals surface area (Å²) in [5, 5.41) is 18.4. The second kappa shape index (κ2) is 6.38. The Morgan fingerprint density at radius 1 is 1.36 bits per heavy atom. The van der Waals surface area contributed by atoms with Crippen molar-refractivity contribution in [3.63, 3.8) is 0 Å². The Bertz CT molecular complexity index is 285. The molecular formula is C11H19NO2. The number of aliphatic hydroxyl groups excluding tert-OH is 1. The van der Waals surface area contributed by atoms with Crippen LogP contribution in [-0.4, -0.2) is 15.2 Å². The zero-order chi connectivity index (χ0) is 11.1. The minimum Gasteiger partial charge on any atom is -0.506 e. The molecule has 0 saturated carbocycles. The third-order valence-electron chi connectivity index (χ3n) is 1.95. The number of aromatic nitrogens is 1. The molecule has 0 radical (unpaired) electrons. The molecule has 3 nitrogen and oxygen atoms in total. The molecule has 0 amide bonds. The molecule has 14 heavy (non-hydrogen) atoms. The van der Waals surface area contributed by atoms with Gasteiger partial charge in [0, 0.05) is 17.3 Å². The molecule has 0 atom stereocenters. The molecular weight excluding hydrogens is 178 g/mol. The van der Waals surface area contributed by atoms with Crippen LogP contribution < -0.4 is 0 Å². The lowest BCUT2D eigenvalue weighted by molar-refractivity contribution is 0.279. The van der Waals surface area contributed by atoms with Gasteiger partial charge in [0.25, 0.3) is 0 Å². The van der Waals surface area contributed by atoms with E-state index in [0.29, 0.717) is 17.7 Å². The highest BCUT2D eigenvalue weighted by Crippen LogP contribution is 2.23. The highest BCUT2D eigenvalue weighted by molar-refractivity contribution is 5.40. The molecule has 0 aromatic carbocycles. The van der Waals surface area contributed by atoms with E-state index in [9.17, 15) is 5.11 Å². The molecule has 0 aliphatic rings. The average molecular weight is 197 g/mol. The summed E-state index contributed by atoms with van der Waals surface area (Å²) in [6.45, 7) is 7.62. The number of hydrogen-bond donors (Lipinski definition) is 2. The van der Waals surface area contributed by atoms with E-state index in [0.717, 1.165) is 5.56 Å². The van der Waals surface area contributed by atoms with Crippen molar-refractivity contribution in [2.45, 2.75) is 40.7 Å². The SMILES string of the molecule is CC.CCc1c(CO)cnc(C)c1O. The summed E-state index contributed by atoms with van der Waals surface area (Å²) in [4.78, 5) is 3.95. The number of aromatic hydroxyl groups is 1. The molecule has 0 aliphatic carbocycles. The quantitative estimate of drug-likeness (QED) is 0.764. The largest absolute Gasteiger partial charge is 0.506 e. The van der Waals surface area contributed by atoms with Gasteiger partial charge < -0.3 is 10.2 Å².